The fourth-order valence-corrected chi connectivity index (χ4v) is 2.80. The lowest BCUT2D eigenvalue weighted by Gasteiger charge is -2.42. The number of likely N-dealkylation sites (tertiary alicyclic amines) is 1. The Morgan fingerprint density at radius 3 is 2.22 bits per heavy atom. The van der Waals surface area contributed by atoms with Crippen molar-refractivity contribution in [2.24, 2.45) is 11.8 Å². The van der Waals surface area contributed by atoms with Gasteiger partial charge in [0.2, 0.25) is 0 Å². The lowest BCUT2D eigenvalue weighted by Crippen LogP contribution is -2.58. The monoisotopic (exact) mass is 254 g/mol. The van der Waals surface area contributed by atoms with E-state index in [9.17, 15) is 9.59 Å². The molecule has 0 spiro atoms. The number of aliphatic carboxylic acids is 1. The van der Waals surface area contributed by atoms with Gasteiger partial charge in [-0.05, 0) is 31.6 Å². The van der Waals surface area contributed by atoms with Crippen LogP contribution < -0.4 is 0 Å². The quantitative estimate of drug-likeness (QED) is 0.814. The van der Waals surface area contributed by atoms with E-state index in [-0.39, 0.29) is 11.9 Å². The summed E-state index contributed by atoms with van der Waals surface area (Å²) in [5.74, 6) is -0.396. The summed E-state index contributed by atoms with van der Waals surface area (Å²) < 4.78 is 0. The van der Waals surface area contributed by atoms with Crippen molar-refractivity contribution in [3.05, 3.63) is 0 Å². The summed E-state index contributed by atoms with van der Waals surface area (Å²) in [4.78, 5) is 26.3. The van der Waals surface area contributed by atoms with Crippen molar-refractivity contribution in [1.82, 2.24) is 9.80 Å². The lowest BCUT2D eigenvalue weighted by molar-refractivity contribution is -0.146. The van der Waals surface area contributed by atoms with Crippen LogP contribution in [-0.2, 0) is 4.79 Å². The Morgan fingerprint density at radius 2 is 1.72 bits per heavy atom. The van der Waals surface area contributed by atoms with Crippen LogP contribution in [0.5, 0.6) is 0 Å². The number of urea groups is 1. The Morgan fingerprint density at radius 1 is 1.17 bits per heavy atom. The molecule has 1 N–H and O–H groups in total. The highest BCUT2D eigenvalue weighted by molar-refractivity contribution is 5.79. The molecule has 5 heteroatoms. The third-order valence-electron chi connectivity index (χ3n) is 4.34. The molecule has 1 heterocycles. The molecule has 1 saturated carbocycles. The summed E-state index contributed by atoms with van der Waals surface area (Å²) in [5, 5.41) is 8.80. The highest BCUT2D eigenvalue weighted by atomic mass is 16.4. The fraction of sp³-hybridized carbons (Fsp3) is 0.846. The van der Waals surface area contributed by atoms with Crippen LogP contribution in [0.2, 0.25) is 0 Å². The number of carboxylic acids is 1. The normalized spacial score (nSPS) is 28.7. The minimum atomic E-state index is -0.798. The topological polar surface area (TPSA) is 60.9 Å². The molecule has 0 bridgehead atoms. The van der Waals surface area contributed by atoms with Crippen molar-refractivity contribution in [3.8, 4) is 0 Å². The predicted molar refractivity (Wildman–Crippen MR) is 67.3 cm³/mol. The van der Waals surface area contributed by atoms with Crippen LogP contribution in [0.4, 0.5) is 4.79 Å². The second-order valence-corrected chi connectivity index (χ2v) is 5.75. The molecule has 2 rings (SSSR count). The molecule has 0 unspecified atom stereocenters. The van der Waals surface area contributed by atoms with Crippen molar-refractivity contribution >= 4 is 12.0 Å². The zero-order valence-electron chi connectivity index (χ0n) is 11.1. The maximum absolute atomic E-state index is 12.1. The molecule has 0 aromatic heterocycles. The number of nitrogens with zero attached hydrogens (tertiary/aromatic N) is 2. The van der Waals surface area contributed by atoms with E-state index in [1.54, 1.807) is 4.90 Å². The first-order valence-corrected chi connectivity index (χ1v) is 6.73. The number of carboxylic acid groups (broad SMARTS) is 1. The zero-order valence-corrected chi connectivity index (χ0v) is 11.1. The average molecular weight is 254 g/mol. The molecule has 1 aliphatic heterocycles. The van der Waals surface area contributed by atoms with Gasteiger partial charge in [0, 0.05) is 26.2 Å². The number of carbonyl (C=O) groups is 2. The van der Waals surface area contributed by atoms with E-state index >= 15 is 0 Å². The first-order valence-electron chi connectivity index (χ1n) is 6.73. The fourth-order valence-electron chi connectivity index (χ4n) is 2.80. The summed E-state index contributed by atoms with van der Waals surface area (Å²) in [6.07, 6.45) is 4.50. The van der Waals surface area contributed by atoms with Gasteiger partial charge < -0.3 is 14.9 Å². The van der Waals surface area contributed by atoms with Crippen LogP contribution in [0.3, 0.4) is 0 Å². The summed E-state index contributed by atoms with van der Waals surface area (Å²) in [6.45, 7) is 2.98. The molecule has 0 atom stereocenters. The van der Waals surface area contributed by atoms with Crippen LogP contribution in [0, 0.1) is 11.8 Å². The summed E-state index contributed by atoms with van der Waals surface area (Å²) in [6, 6.07) is 0.324. The van der Waals surface area contributed by atoms with Crippen molar-refractivity contribution in [3.63, 3.8) is 0 Å². The van der Waals surface area contributed by atoms with E-state index < -0.39 is 5.97 Å². The van der Waals surface area contributed by atoms with Crippen LogP contribution in [0.1, 0.15) is 32.6 Å². The van der Waals surface area contributed by atoms with E-state index in [1.165, 1.54) is 12.8 Å². The van der Waals surface area contributed by atoms with Crippen LogP contribution in [-0.4, -0.2) is 53.1 Å². The SMILES string of the molecule is CC1CCC(N(C)C(=O)N2CC(C(=O)O)C2)CC1. The largest absolute Gasteiger partial charge is 0.481 e. The molecule has 2 aliphatic rings. The standard InChI is InChI=1S/C13H22N2O3/c1-9-3-5-11(6-4-9)14(2)13(18)15-7-10(8-15)12(16)17/h9-11H,3-8H2,1-2H3,(H,16,17). The van der Waals surface area contributed by atoms with E-state index in [0.29, 0.717) is 19.1 Å². The lowest BCUT2D eigenvalue weighted by atomic mass is 9.87. The van der Waals surface area contributed by atoms with Gasteiger partial charge in [0.25, 0.3) is 0 Å². The molecule has 0 radical (unpaired) electrons. The van der Waals surface area contributed by atoms with E-state index in [2.05, 4.69) is 6.92 Å². The Kier molecular flexibility index (Phi) is 3.78. The predicted octanol–water partition coefficient (Wildman–Crippen LogP) is 1.63. The third kappa shape index (κ3) is 2.60. The zero-order chi connectivity index (χ0) is 13.3. The minimum Gasteiger partial charge on any atom is -0.481 e. The van der Waals surface area contributed by atoms with Gasteiger partial charge in [-0.1, -0.05) is 6.92 Å². The summed E-state index contributed by atoms with van der Waals surface area (Å²) >= 11 is 0. The molecule has 5 nitrogen and oxygen atoms in total. The third-order valence-corrected chi connectivity index (χ3v) is 4.34. The van der Waals surface area contributed by atoms with Gasteiger partial charge in [-0.3, -0.25) is 4.79 Å². The molecule has 2 fully saturated rings. The van der Waals surface area contributed by atoms with Gasteiger partial charge in [-0.2, -0.15) is 0 Å². The Balaban J connectivity index is 1.81. The van der Waals surface area contributed by atoms with Gasteiger partial charge in [-0.15, -0.1) is 0 Å². The summed E-state index contributed by atoms with van der Waals surface area (Å²) in [7, 11) is 1.84. The van der Waals surface area contributed by atoms with Crippen molar-refractivity contribution in [2.45, 2.75) is 38.6 Å². The van der Waals surface area contributed by atoms with Gasteiger partial charge in [0.05, 0.1) is 5.92 Å². The van der Waals surface area contributed by atoms with Crippen molar-refractivity contribution < 1.29 is 14.7 Å². The second-order valence-electron chi connectivity index (χ2n) is 5.75. The number of hydrogen-bond donors (Lipinski definition) is 1. The molecule has 1 saturated heterocycles. The average Bonchev–Trinajstić information content (AvgIpc) is 2.26. The number of hydrogen-bond acceptors (Lipinski definition) is 2. The molecule has 1 aliphatic carbocycles. The van der Waals surface area contributed by atoms with Crippen molar-refractivity contribution in [2.75, 3.05) is 20.1 Å². The van der Waals surface area contributed by atoms with Gasteiger partial charge >= 0.3 is 12.0 Å². The highest BCUT2D eigenvalue weighted by Crippen LogP contribution is 2.28. The molecule has 18 heavy (non-hydrogen) atoms. The second kappa shape index (κ2) is 5.16. The number of rotatable bonds is 2. The maximum atomic E-state index is 12.1. The minimum absolute atomic E-state index is 0.00736. The Labute approximate surface area is 108 Å². The van der Waals surface area contributed by atoms with Crippen molar-refractivity contribution in [1.29, 1.82) is 0 Å². The molecule has 102 valence electrons. The number of amides is 2. The van der Waals surface area contributed by atoms with Crippen LogP contribution >= 0.6 is 0 Å². The first-order chi connectivity index (χ1) is 8.49. The molecule has 2 amide bonds. The first kappa shape index (κ1) is 13.2. The van der Waals surface area contributed by atoms with Gasteiger partial charge in [0.1, 0.15) is 0 Å². The summed E-state index contributed by atoms with van der Waals surface area (Å²) in [5.41, 5.74) is 0. The molecule has 0 aromatic rings. The van der Waals surface area contributed by atoms with E-state index in [0.717, 1.165) is 18.8 Å². The van der Waals surface area contributed by atoms with E-state index in [1.807, 2.05) is 11.9 Å². The highest BCUT2D eigenvalue weighted by Gasteiger charge is 2.38. The van der Waals surface area contributed by atoms with Crippen LogP contribution in [0.15, 0.2) is 0 Å². The van der Waals surface area contributed by atoms with E-state index in [4.69, 9.17) is 5.11 Å². The Hall–Kier alpha value is -1.26. The smallest absolute Gasteiger partial charge is 0.320 e. The van der Waals surface area contributed by atoms with Gasteiger partial charge in [-0.25, -0.2) is 4.79 Å². The molecular weight excluding hydrogens is 232 g/mol. The van der Waals surface area contributed by atoms with Crippen LogP contribution in [0.25, 0.3) is 0 Å². The van der Waals surface area contributed by atoms with Gasteiger partial charge in [0.15, 0.2) is 0 Å². The maximum Gasteiger partial charge on any atom is 0.320 e. The molecule has 0 aromatic carbocycles. The Bertz CT molecular complexity index is 331. The molecular formula is C13H22N2O3. The number of carbonyl (C=O) groups excluding carboxylic acids is 1.